The Morgan fingerprint density at radius 1 is 1.55 bits per heavy atom. The fourth-order valence-corrected chi connectivity index (χ4v) is 2.01. The van der Waals surface area contributed by atoms with Gasteiger partial charge in [0.2, 0.25) is 0 Å². The van der Waals surface area contributed by atoms with E-state index in [4.69, 9.17) is 0 Å². The molecule has 58 valence electrons. The number of rotatable bonds is 0. The lowest BCUT2D eigenvalue weighted by Crippen LogP contribution is -2.00. The van der Waals surface area contributed by atoms with Gasteiger partial charge in [-0.2, -0.15) is 0 Å². The van der Waals surface area contributed by atoms with Gasteiger partial charge in [0.05, 0.1) is 5.69 Å². The van der Waals surface area contributed by atoms with Gasteiger partial charge in [0.25, 0.3) is 0 Å². The Balaban J connectivity index is 2.62. The first-order valence-electron chi connectivity index (χ1n) is 3.62. The van der Waals surface area contributed by atoms with Crippen molar-refractivity contribution < 1.29 is 0 Å². The van der Waals surface area contributed by atoms with Crippen molar-refractivity contribution in [2.45, 2.75) is 20.0 Å². The molecule has 0 saturated heterocycles. The number of hydrogen-bond donors (Lipinski definition) is 1. The third kappa shape index (κ3) is 1.16. The second-order valence-corrected chi connectivity index (χ2v) is 3.84. The normalized spacial score (nSPS) is 15.1. The molecule has 0 saturated carbocycles. The van der Waals surface area contributed by atoms with E-state index in [0.29, 0.717) is 0 Å². The molecule has 1 aromatic heterocycles. The molecular formula is C8H9IN2. The van der Waals surface area contributed by atoms with Crippen LogP contribution in [0.15, 0.2) is 6.20 Å². The molecular weight excluding hydrogens is 251 g/mol. The van der Waals surface area contributed by atoms with Crippen LogP contribution in [-0.2, 0) is 13.1 Å². The topological polar surface area (TPSA) is 24.9 Å². The van der Waals surface area contributed by atoms with E-state index in [2.05, 4.69) is 39.8 Å². The average molecular weight is 260 g/mol. The Kier molecular flexibility index (Phi) is 1.85. The monoisotopic (exact) mass is 260 g/mol. The number of fused-ring (bicyclic) bond motifs is 1. The van der Waals surface area contributed by atoms with Crippen LogP contribution in [-0.4, -0.2) is 4.98 Å². The fourth-order valence-electron chi connectivity index (χ4n) is 1.33. The molecule has 0 atom stereocenters. The van der Waals surface area contributed by atoms with Gasteiger partial charge < -0.3 is 5.32 Å². The van der Waals surface area contributed by atoms with Crippen LogP contribution in [0.2, 0.25) is 0 Å². The van der Waals surface area contributed by atoms with Gasteiger partial charge in [-0.25, -0.2) is 0 Å². The van der Waals surface area contributed by atoms with Crippen molar-refractivity contribution in [3.8, 4) is 0 Å². The second kappa shape index (κ2) is 2.71. The van der Waals surface area contributed by atoms with Gasteiger partial charge >= 0.3 is 0 Å². The summed E-state index contributed by atoms with van der Waals surface area (Å²) in [5.74, 6) is 0. The first-order chi connectivity index (χ1) is 5.29. The summed E-state index contributed by atoms with van der Waals surface area (Å²) in [6.45, 7) is 4.05. The van der Waals surface area contributed by atoms with Crippen molar-refractivity contribution in [1.29, 1.82) is 0 Å². The molecule has 0 aromatic carbocycles. The Hall–Kier alpha value is -0.160. The summed E-state index contributed by atoms with van der Waals surface area (Å²) in [6, 6.07) is 0. The SMILES string of the molecule is Cc1ncc2c(c1I)CNC2. The van der Waals surface area contributed by atoms with Gasteiger partial charge in [-0.05, 0) is 40.6 Å². The van der Waals surface area contributed by atoms with Crippen molar-refractivity contribution in [2.24, 2.45) is 0 Å². The van der Waals surface area contributed by atoms with Gasteiger partial charge in [-0.15, -0.1) is 0 Å². The minimum Gasteiger partial charge on any atom is -0.308 e. The molecule has 3 heteroatoms. The number of aryl methyl sites for hydroxylation is 1. The third-order valence-electron chi connectivity index (χ3n) is 2.00. The highest BCUT2D eigenvalue weighted by molar-refractivity contribution is 14.1. The van der Waals surface area contributed by atoms with Crippen LogP contribution in [0.5, 0.6) is 0 Å². The summed E-state index contributed by atoms with van der Waals surface area (Å²) in [5, 5.41) is 3.31. The predicted octanol–water partition coefficient (Wildman–Crippen LogP) is 1.60. The Labute approximate surface area is 79.6 Å². The zero-order valence-electron chi connectivity index (χ0n) is 6.32. The van der Waals surface area contributed by atoms with Crippen molar-refractivity contribution >= 4 is 22.6 Å². The van der Waals surface area contributed by atoms with Gasteiger partial charge in [0.1, 0.15) is 0 Å². The minimum absolute atomic E-state index is 0.985. The number of hydrogen-bond acceptors (Lipinski definition) is 2. The van der Waals surface area contributed by atoms with Crippen molar-refractivity contribution in [1.82, 2.24) is 10.3 Å². The minimum atomic E-state index is 0.985. The van der Waals surface area contributed by atoms with Crippen molar-refractivity contribution in [3.05, 3.63) is 26.6 Å². The molecule has 0 bridgehead atoms. The molecule has 2 heterocycles. The maximum atomic E-state index is 4.30. The number of nitrogens with zero attached hydrogens (tertiary/aromatic N) is 1. The molecule has 1 aromatic rings. The van der Waals surface area contributed by atoms with Gasteiger partial charge in [-0.1, -0.05) is 0 Å². The zero-order chi connectivity index (χ0) is 7.84. The quantitative estimate of drug-likeness (QED) is 0.717. The molecule has 11 heavy (non-hydrogen) atoms. The van der Waals surface area contributed by atoms with E-state index in [9.17, 15) is 0 Å². The van der Waals surface area contributed by atoms with E-state index in [1.807, 2.05) is 6.20 Å². The number of nitrogens with one attached hydrogen (secondary N) is 1. The van der Waals surface area contributed by atoms with Crippen molar-refractivity contribution in [2.75, 3.05) is 0 Å². The molecule has 1 N–H and O–H groups in total. The Bertz CT molecular complexity index is 296. The summed E-state index contributed by atoms with van der Waals surface area (Å²) in [7, 11) is 0. The molecule has 0 fully saturated rings. The van der Waals surface area contributed by atoms with Crippen LogP contribution in [0.25, 0.3) is 0 Å². The smallest absolute Gasteiger partial charge is 0.0509 e. The maximum absolute atomic E-state index is 4.30. The predicted molar refractivity (Wildman–Crippen MR) is 52.2 cm³/mol. The third-order valence-corrected chi connectivity index (χ3v) is 3.43. The second-order valence-electron chi connectivity index (χ2n) is 2.76. The number of aromatic nitrogens is 1. The molecule has 1 aliphatic heterocycles. The van der Waals surface area contributed by atoms with Crippen LogP contribution in [0.4, 0.5) is 0 Å². The summed E-state index contributed by atoms with van der Waals surface area (Å²) in [5.41, 5.74) is 3.95. The average Bonchev–Trinajstić information content (AvgIpc) is 2.45. The highest BCUT2D eigenvalue weighted by atomic mass is 127. The first kappa shape index (κ1) is 7.49. The zero-order valence-corrected chi connectivity index (χ0v) is 8.47. The number of halogens is 1. The highest BCUT2D eigenvalue weighted by Crippen LogP contribution is 2.22. The van der Waals surface area contributed by atoms with E-state index in [0.717, 1.165) is 18.8 Å². The Morgan fingerprint density at radius 2 is 2.36 bits per heavy atom. The van der Waals surface area contributed by atoms with Crippen LogP contribution in [0.1, 0.15) is 16.8 Å². The van der Waals surface area contributed by atoms with E-state index in [1.165, 1.54) is 14.7 Å². The molecule has 0 radical (unpaired) electrons. The van der Waals surface area contributed by atoms with Crippen LogP contribution in [0.3, 0.4) is 0 Å². The van der Waals surface area contributed by atoms with E-state index < -0.39 is 0 Å². The lowest BCUT2D eigenvalue weighted by molar-refractivity contribution is 0.763. The molecule has 0 spiro atoms. The van der Waals surface area contributed by atoms with E-state index in [1.54, 1.807) is 0 Å². The summed E-state index contributed by atoms with van der Waals surface area (Å²) in [4.78, 5) is 4.30. The van der Waals surface area contributed by atoms with Gasteiger partial charge in [-0.3, -0.25) is 4.98 Å². The molecule has 2 rings (SSSR count). The number of pyridine rings is 1. The first-order valence-corrected chi connectivity index (χ1v) is 4.70. The van der Waals surface area contributed by atoms with Gasteiger partial charge in [0.15, 0.2) is 0 Å². The Morgan fingerprint density at radius 3 is 3.18 bits per heavy atom. The van der Waals surface area contributed by atoms with Crippen LogP contribution in [0, 0.1) is 10.5 Å². The summed E-state index contributed by atoms with van der Waals surface area (Å²) < 4.78 is 1.32. The molecule has 1 aliphatic rings. The molecule has 2 nitrogen and oxygen atoms in total. The summed E-state index contributed by atoms with van der Waals surface area (Å²) >= 11 is 2.37. The lowest BCUT2D eigenvalue weighted by Gasteiger charge is -2.02. The van der Waals surface area contributed by atoms with Crippen LogP contribution < -0.4 is 5.32 Å². The molecule has 0 unspecified atom stereocenters. The molecule has 0 aliphatic carbocycles. The maximum Gasteiger partial charge on any atom is 0.0509 e. The van der Waals surface area contributed by atoms with E-state index >= 15 is 0 Å². The highest BCUT2D eigenvalue weighted by Gasteiger charge is 2.14. The fraction of sp³-hybridized carbons (Fsp3) is 0.375. The summed E-state index contributed by atoms with van der Waals surface area (Å²) in [6.07, 6.45) is 1.98. The molecule has 0 amide bonds. The van der Waals surface area contributed by atoms with E-state index in [-0.39, 0.29) is 0 Å². The standard InChI is InChI=1S/C8H9IN2/c1-5-8(9)7-4-10-2-6(7)3-11-5/h3,10H,2,4H2,1H3. The van der Waals surface area contributed by atoms with Crippen LogP contribution >= 0.6 is 22.6 Å². The largest absolute Gasteiger partial charge is 0.308 e. The van der Waals surface area contributed by atoms with Crippen molar-refractivity contribution in [3.63, 3.8) is 0 Å². The van der Waals surface area contributed by atoms with Gasteiger partial charge in [0, 0.05) is 22.9 Å². The lowest BCUT2D eigenvalue weighted by atomic mass is 10.2.